The average Bonchev–Trinajstić information content (AvgIpc) is 3.81. The Balaban J connectivity index is 1.12. The summed E-state index contributed by atoms with van der Waals surface area (Å²) in [6.45, 7) is 0. The topological polar surface area (TPSA) is 16.4 Å². The second-order valence-electron chi connectivity index (χ2n) is 13.7. The van der Waals surface area contributed by atoms with Crippen molar-refractivity contribution in [1.29, 1.82) is 0 Å². The number of fused-ring (bicyclic) bond motifs is 9. The molecule has 0 saturated heterocycles. The minimum atomic E-state index is 0.898. The van der Waals surface area contributed by atoms with Crippen molar-refractivity contribution in [3.05, 3.63) is 188 Å². The largest absolute Gasteiger partial charge is 0.455 e. The zero-order chi connectivity index (χ0) is 34.9. The lowest BCUT2D eigenvalue weighted by Crippen LogP contribution is -2.10. The van der Waals surface area contributed by atoms with Gasteiger partial charge in [0.1, 0.15) is 11.2 Å². The molecule has 0 amide bonds. The van der Waals surface area contributed by atoms with Crippen LogP contribution in [0.3, 0.4) is 0 Å². The molecule has 0 fully saturated rings. The number of hydrogen-bond donors (Lipinski definition) is 0. The van der Waals surface area contributed by atoms with E-state index in [1.807, 2.05) is 11.3 Å². The number of thiophene rings is 1. The second kappa shape index (κ2) is 11.9. The van der Waals surface area contributed by atoms with Crippen LogP contribution in [0, 0.1) is 0 Å². The molecule has 0 saturated carbocycles. The molecule has 3 heteroatoms. The van der Waals surface area contributed by atoms with Gasteiger partial charge in [-0.2, -0.15) is 0 Å². The first-order valence-corrected chi connectivity index (χ1v) is 18.8. The first-order chi connectivity index (χ1) is 26.3. The minimum absolute atomic E-state index is 0.898. The van der Waals surface area contributed by atoms with Gasteiger partial charge in [0, 0.05) is 47.7 Å². The molecule has 11 aromatic rings. The van der Waals surface area contributed by atoms with Gasteiger partial charge in [-0.25, -0.2) is 0 Å². The van der Waals surface area contributed by atoms with Crippen molar-refractivity contribution in [3.63, 3.8) is 0 Å². The Labute approximate surface area is 310 Å². The summed E-state index contributed by atoms with van der Waals surface area (Å²) in [6, 6.07) is 68.0. The molecule has 0 N–H and O–H groups in total. The molecule has 0 aliphatic rings. The van der Waals surface area contributed by atoms with Gasteiger partial charge in [-0.3, -0.25) is 0 Å². The molecule has 53 heavy (non-hydrogen) atoms. The highest BCUT2D eigenvalue weighted by molar-refractivity contribution is 7.26. The fraction of sp³-hybridized carbons (Fsp3) is 0. The molecule has 0 unspecified atom stereocenters. The summed E-state index contributed by atoms with van der Waals surface area (Å²) in [4.78, 5) is 2.43. The highest BCUT2D eigenvalue weighted by atomic mass is 32.1. The van der Waals surface area contributed by atoms with Gasteiger partial charge in [0.2, 0.25) is 0 Å². The zero-order valence-corrected chi connectivity index (χ0v) is 29.5. The number of rotatable bonds is 5. The van der Waals surface area contributed by atoms with Crippen molar-refractivity contribution < 1.29 is 4.42 Å². The smallest absolute Gasteiger partial charge is 0.143 e. The van der Waals surface area contributed by atoms with Crippen molar-refractivity contribution in [1.82, 2.24) is 0 Å². The quantitative estimate of drug-likeness (QED) is 0.178. The van der Waals surface area contributed by atoms with E-state index >= 15 is 0 Å². The normalized spacial score (nSPS) is 11.8. The number of anilines is 3. The third-order valence-corrected chi connectivity index (χ3v) is 11.8. The van der Waals surface area contributed by atoms with Crippen LogP contribution < -0.4 is 4.90 Å². The van der Waals surface area contributed by atoms with Crippen molar-refractivity contribution in [2.24, 2.45) is 0 Å². The Hall–Kier alpha value is -6.68. The monoisotopic (exact) mass is 693 g/mol. The molecular formula is C50H31NOS. The highest BCUT2D eigenvalue weighted by Crippen LogP contribution is 2.47. The maximum atomic E-state index is 6.59. The predicted molar refractivity (Wildman–Crippen MR) is 227 cm³/mol. The van der Waals surface area contributed by atoms with Crippen LogP contribution >= 0.6 is 11.3 Å². The van der Waals surface area contributed by atoms with Crippen LogP contribution in [0.15, 0.2) is 192 Å². The fourth-order valence-electron chi connectivity index (χ4n) is 8.24. The molecule has 11 rings (SSSR count). The van der Waals surface area contributed by atoms with Gasteiger partial charge in [0.15, 0.2) is 0 Å². The van der Waals surface area contributed by atoms with Crippen molar-refractivity contribution in [2.75, 3.05) is 4.90 Å². The third-order valence-electron chi connectivity index (χ3n) is 10.7. The molecule has 0 radical (unpaired) electrons. The molecule has 248 valence electrons. The van der Waals surface area contributed by atoms with Gasteiger partial charge >= 0.3 is 0 Å². The van der Waals surface area contributed by atoms with Crippen LogP contribution in [-0.2, 0) is 0 Å². The van der Waals surface area contributed by atoms with Gasteiger partial charge in [-0.05, 0) is 93.0 Å². The van der Waals surface area contributed by atoms with Gasteiger partial charge in [-0.1, -0.05) is 133 Å². The van der Waals surface area contributed by atoms with E-state index in [0.29, 0.717) is 0 Å². The summed E-state index contributed by atoms with van der Waals surface area (Å²) in [5.74, 6) is 0. The summed E-state index contributed by atoms with van der Waals surface area (Å²) in [7, 11) is 0. The molecule has 9 aromatic carbocycles. The van der Waals surface area contributed by atoms with Gasteiger partial charge < -0.3 is 9.32 Å². The number of hydrogen-bond acceptors (Lipinski definition) is 3. The van der Waals surface area contributed by atoms with Crippen LogP contribution in [0.1, 0.15) is 0 Å². The lowest BCUT2D eigenvalue weighted by molar-refractivity contribution is 0.673. The maximum Gasteiger partial charge on any atom is 0.143 e. The van der Waals surface area contributed by atoms with Crippen LogP contribution in [-0.4, -0.2) is 0 Å². The van der Waals surface area contributed by atoms with Gasteiger partial charge in [0.25, 0.3) is 0 Å². The maximum absolute atomic E-state index is 6.59. The summed E-state index contributed by atoms with van der Waals surface area (Å²) in [5, 5.41) is 9.64. The summed E-state index contributed by atoms with van der Waals surface area (Å²) in [5.41, 5.74) is 9.93. The standard InChI is InChI=1S/C50H31NOS/c1-3-16-38-32(11-1)13-8-19-39(38)34-25-28-36(29-26-34)51(44-21-10-24-47-49(44)42-18-5-6-23-46(42)53-47)37-15-7-14-35(31-37)40-20-9-22-45-48(40)43-30-27-33-12-2-4-17-41(33)50(43)52-45/h1-31H. The van der Waals surface area contributed by atoms with Gasteiger partial charge in [-0.15, -0.1) is 11.3 Å². The Kier molecular flexibility index (Phi) is 6.76. The van der Waals surface area contributed by atoms with Crippen LogP contribution in [0.4, 0.5) is 17.1 Å². The lowest BCUT2D eigenvalue weighted by Gasteiger charge is -2.27. The summed E-state index contributed by atoms with van der Waals surface area (Å²) < 4.78 is 9.16. The Morgan fingerprint density at radius 2 is 1.08 bits per heavy atom. The Bertz CT molecular complexity index is 3180. The SMILES string of the molecule is c1cc(-c2cccc3oc4c5ccccc5ccc4c23)cc(N(c2ccc(-c3cccc4ccccc34)cc2)c2cccc3sc4ccccc4c23)c1. The minimum Gasteiger partial charge on any atom is -0.455 e. The van der Waals surface area contributed by atoms with E-state index in [2.05, 4.69) is 193 Å². The molecule has 0 spiro atoms. The summed E-state index contributed by atoms with van der Waals surface area (Å²) in [6.07, 6.45) is 0. The van der Waals surface area contributed by atoms with E-state index in [-0.39, 0.29) is 0 Å². The molecule has 2 nitrogen and oxygen atoms in total. The lowest BCUT2D eigenvalue weighted by atomic mass is 9.97. The van der Waals surface area contributed by atoms with Crippen LogP contribution in [0.25, 0.3) is 85.9 Å². The van der Waals surface area contributed by atoms with Crippen molar-refractivity contribution in [3.8, 4) is 22.3 Å². The van der Waals surface area contributed by atoms with Crippen LogP contribution in [0.5, 0.6) is 0 Å². The van der Waals surface area contributed by atoms with Crippen molar-refractivity contribution in [2.45, 2.75) is 0 Å². The molecular weight excluding hydrogens is 663 g/mol. The molecule has 0 aliphatic heterocycles. The molecule has 0 atom stereocenters. The molecule has 2 aromatic heterocycles. The van der Waals surface area contributed by atoms with E-state index in [0.717, 1.165) is 55.5 Å². The van der Waals surface area contributed by atoms with E-state index < -0.39 is 0 Å². The molecule has 0 aliphatic carbocycles. The third kappa shape index (κ3) is 4.78. The first-order valence-electron chi connectivity index (χ1n) is 18.0. The molecule has 2 heterocycles. The van der Waals surface area contributed by atoms with Crippen molar-refractivity contribution >= 4 is 92.1 Å². The van der Waals surface area contributed by atoms with E-state index in [1.165, 1.54) is 47.5 Å². The molecule has 0 bridgehead atoms. The Morgan fingerprint density at radius 1 is 0.396 bits per heavy atom. The second-order valence-corrected chi connectivity index (χ2v) is 14.7. The highest BCUT2D eigenvalue weighted by Gasteiger charge is 2.20. The number of benzene rings is 9. The van der Waals surface area contributed by atoms with E-state index in [9.17, 15) is 0 Å². The Morgan fingerprint density at radius 3 is 1.96 bits per heavy atom. The number of furan rings is 1. The number of nitrogens with zero attached hydrogens (tertiary/aromatic N) is 1. The van der Waals surface area contributed by atoms with Crippen LogP contribution in [0.2, 0.25) is 0 Å². The average molecular weight is 694 g/mol. The van der Waals surface area contributed by atoms with Gasteiger partial charge in [0.05, 0.1) is 5.69 Å². The van der Waals surface area contributed by atoms with E-state index in [1.54, 1.807) is 0 Å². The zero-order valence-electron chi connectivity index (χ0n) is 28.7. The predicted octanol–water partition coefficient (Wildman–Crippen LogP) is 15.1. The fourth-order valence-corrected chi connectivity index (χ4v) is 9.37. The summed E-state index contributed by atoms with van der Waals surface area (Å²) >= 11 is 1.85. The van der Waals surface area contributed by atoms with E-state index in [4.69, 9.17) is 4.42 Å². The first kappa shape index (κ1) is 30.0.